The molecule has 96 valence electrons. The third-order valence-corrected chi connectivity index (χ3v) is 4.23. The fraction of sp³-hybridized carbons (Fsp3) is 0.533. The summed E-state index contributed by atoms with van der Waals surface area (Å²) in [5.74, 6) is 0.275. The highest BCUT2D eigenvalue weighted by Gasteiger charge is 2.35. The third kappa shape index (κ3) is 2.84. The van der Waals surface area contributed by atoms with Gasteiger partial charge < -0.3 is 0 Å². The van der Waals surface area contributed by atoms with E-state index >= 15 is 0 Å². The molecule has 1 aliphatic rings. The summed E-state index contributed by atoms with van der Waals surface area (Å²) in [7, 11) is 0. The summed E-state index contributed by atoms with van der Waals surface area (Å²) in [6.45, 7) is 2.18. The molecular formula is C15H17ClFN. The molecule has 0 N–H and O–H groups in total. The van der Waals surface area contributed by atoms with Crippen LogP contribution in [0.15, 0.2) is 18.2 Å². The van der Waals surface area contributed by atoms with Crippen LogP contribution in [0.3, 0.4) is 0 Å². The number of hydrogen-bond acceptors (Lipinski definition) is 1. The molecule has 1 saturated carbocycles. The van der Waals surface area contributed by atoms with Crippen LogP contribution in [0, 0.1) is 28.5 Å². The van der Waals surface area contributed by atoms with Gasteiger partial charge in [-0.05, 0) is 48.9 Å². The van der Waals surface area contributed by atoms with Crippen LogP contribution in [0.4, 0.5) is 4.39 Å². The van der Waals surface area contributed by atoms with Crippen LogP contribution in [-0.4, -0.2) is 0 Å². The van der Waals surface area contributed by atoms with Crippen LogP contribution in [0.1, 0.15) is 38.2 Å². The van der Waals surface area contributed by atoms with E-state index in [-0.39, 0.29) is 11.2 Å². The Balaban J connectivity index is 2.25. The summed E-state index contributed by atoms with van der Waals surface area (Å²) < 4.78 is 13.3. The lowest BCUT2D eigenvalue weighted by molar-refractivity contribution is 0.209. The Morgan fingerprint density at radius 3 is 3.00 bits per heavy atom. The Hall–Kier alpha value is -1.07. The maximum Gasteiger partial charge on any atom is 0.123 e. The fourth-order valence-corrected chi connectivity index (χ4v) is 3.19. The second-order valence-corrected chi connectivity index (χ2v) is 5.91. The zero-order valence-electron chi connectivity index (χ0n) is 10.5. The van der Waals surface area contributed by atoms with Crippen LogP contribution in [-0.2, 0) is 6.42 Å². The van der Waals surface area contributed by atoms with Gasteiger partial charge in [-0.15, -0.1) is 0 Å². The van der Waals surface area contributed by atoms with Crippen molar-refractivity contribution in [2.24, 2.45) is 11.3 Å². The van der Waals surface area contributed by atoms with E-state index in [4.69, 9.17) is 11.6 Å². The lowest BCUT2D eigenvalue weighted by Crippen LogP contribution is -2.28. The first-order valence-electron chi connectivity index (χ1n) is 6.40. The largest absolute Gasteiger partial charge is 0.207 e. The van der Waals surface area contributed by atoms with E-state index in [1.165, 1.54) is 18.6 Å². The average Bonchev–Trinajstić information content (AvgIpc) is 2.34. The molecule has 0 amide bonds. The number of rotatable bonds is 2. The molecule has 3 heteroatoms. The molecule has 0 aromatic heterocycles. The van der Waals surface area contributed by atoms with Crippen molar-refractivity contribution in [1.29, 1.82) is 5.26 Å². The number of nitriles is 1. The predicted molar refractivity (Wildman–Crippen MR) is 70.8 cm³/mol. The molecule has 0 bridgehead atoms. The normalized spacial score (nSPS) is 27.8. The summed E-state index contributed by atoms with van der Waals surface area (Å²) in [5, 5.41) is 10.1. The minimum Gasteiger partial charge on any atom is -0.207 e. The lowest BCUT2D eigenvalue weighted by Gasteiger charge is -2.34. The molecular weight excluding hydrogens is 249 g/mol. The quantitative estimate of drug-likeness (QED) is 0.758. The van der Waals surface area contributed by atoms with Crippen LogP contribution < -0.4 is 0 Å². The Bertz CT molecular complexity index is 480. The van der Waals surface area contributed by atoms with E-state index in [9.17, 15) is 9.65 Å². The first-order chi connectivity index (χ1) is 8.54. The summed E-state index contributed by atoms with van der Waals surface area (Å²) in [4.78, 5) is 0. The van der Waals surface area contributed by atoms with Gasteiger partial charge in [-0.1, -0.05) is 31.4 Å². The molecule has 2 unspecified atom stereocenters. The molecule has 2 rings (SSSR count). The van der Waals surface area contributed by atoms with Gasteiger partial charge in [0, 0.05) is 5.02 Å². The summed E-state index contributed by atoms with van der Waals surface area (Å²) >= 11 is 6.09. The van der Waals surface area contributed by atoms with Crippen LogP contribution >= 0.6 is 11.6 Å². The molecule has 0 heterocycles. The molecule has 1 nitrogen and oxygen atoms in total. The van der Waals surface area contributed by atoms with Crippen molar-refractivity contribution in [3.63, 3.8) is 0 Å². The Morgan fingerprint density at radius 1 is 1.56 bits per heavy atom. The Labute approximate surface area is 113 Å². The topological polar surface area (TPSA) is 23.8 Å². The minimum absolute atomic E-state index is 0.286. The molecule has 0 spiro atoms. The van der Waals surface area contributed by atoms with Gasteiger partial charge in [0.25, 0.3) is 0 Å². The van der Waals surface area contributed by atoms with E-state index in [1.54, 1.807) is 6.07 Å². The smallest absolute Gasteiger partial charge is 0.123 e. The van der Waals surface area contributed by atoms with Gasteiger partial charge in [0.2, 0.25) is 0 Å². The number of halogens is 2. The van der Waals surface area contributed by atoms with E-state index in [0.29, 0.717) is 17.4 Å². The molecule has 0 saturated heterocycles. The van der Waals surface area contributed by atoms with Gasteiger partial charge in [0.15, 0.2) is 0 Å². The highest BCUT2D eigenvalue weighted by molar-refractivity contribution is 6.31. The van der Waals surface area contributed by atoms with Crippen molar-refractivity contribution >= 4 is 11.6 Å². The van der Waals surface area contributed by atoms with Crippen LogP contribution in [0.25, 0.3) is 0 Å². The van der Waals surface area contributed by atoms with E-state index in [2.05, 4.69) is 13.0 Å². The van der Waals surface area contributed by atoms with Crippen molar-refractivity contribution in [1.82, 2.24) is 0 Å². The zero-order chi connectivity index (χ0) is 13.2. The molecule has 1 aliphatic carbocycles. The van der Waals surface area contributed by atoms with E-state index < -0.39 is 0 Å². The van der Waals surface area contributed by atoms with Crippen LogP contribution in [0.2, 0.25) is 5.02 Å². The minimum atomic E-state index is -0.366. The van der Waals surface area contributed by atoms with Gasteiger partial charge in [-0.3, -0.25) is 0 Å². The third-order valence-electron chi connectivity index (χ3n) is 3.87. The molecule has 2 atom stereocenters. The highest BCUT2D eigenvalue weighted by Crippen LogP contribution is 2.42. The van der Waals surface area contributed by atoms with Crippen molar-refractivity contribution in [2.75, 3.05) is 0 Å². The van der Waals surface area contributed by atoms with Gasteiger partial charge in [-0.25, -0.2) is 4.39 Å². The maximum atomic E-state index is 13.3. The van der Waals surface area contributed by atoms with Crippen molar-refractivity contribution in [2.45, 2.75) is 39.0 Å². The van der Waals surface area contributed by atoms with E-state index in [1.807, 2.05) is 0 Å². The number of hydrogen-bond donors (Lipinski definition) is 0. The predicted octanol–water partition coefficient (Wildman–Crippen LogP) is 4.74. The highest BCUT2D eigenvalue weighted by atomic mass is 35.5. The molecule has 1 fully saturated rings. The number of nitrogens with zero attached hydrogens (tertiary/aromatic N) is 1. The maximum absolute atomic E-state index is 13.3. The average molecular weight is 266 g/mol. The van der Waals surface area contributed by atoms with Crippen molar-refractivity contribution < 1.29 is 4.39 Å². The monoisotopic (exact) mass is 265 g/mol. The summed E-state index contributed by atoms with van der Waals surface area (Å²) in [6.07, 6.45) is 4.59. The molecule has 1 aromatic rings. The lowest BCUT2D eigenvalue weighted by atomic mass is 9.68. The zero-order valence-corrected chi connectivity index (χ0v) is 11.3. The van der Waals surface area contributed by atoms with Gasteiger partial charge in [0.1, 0.15) is 5.82 Å². The van der Waals surface area contributed by atoms with Crippen LogP contribution in [0.5, 0.6) is 0 Å². The van der Waals surface area contributed by atoms with Crippen molar-refractivity contribution in [3.8, 4) is 6.07 Å². The SMILES string of the molecule is CC1CCCC(C#N)(Cc2cc(F)ccc2Cl)C1. The fourth-order valence-electron chi connectivity index (χ4n) is 3.01. The molecule has 0 aliphatic heterocycles. The summed E-state index contributed by atoms with van der Waals surface area (Å²) in [5.41, 5.74) is 0.391. The molecule has 0 radical (unpaired) electrons. The Morgan fingerprint density at radius 2 is 2.33 bits per heavy atom. The first-order valence-corrected chi connectivity index (χ1v) is 6.78. The van der Waals surface area contributed by atoms with Crippen molar-refractivity contribution in [3.05, 3.63) is 34.6 Å². The van der Waals surface area contributed by atoms with E-state index in [0.717, 1.165) is 24.8 Å². The molecule has 18 heavy (non-hydrogen) atoms. The molecule has 1 aromatic carbocycles. The number of benzene rings is 1. The second-order valence-electron chi connectivity index (χ2n) is 5.51. The first kappa shape index (κ1) is 13.4. The van der Waals surface area contributed by atoms with Gasteiger partial charge in [-0.2, -0.15) is 5.26 Å². The van der Waals surface area contributed by atoms with Gasteiger partial charge >= 0.3 is 0 Å². The standard InChI is InChI=1S/C15H17ClFN/c1-11-3-2-6-15(8-11,10-18)9-12-7-13(17)4-5-14(12)16/h4-5,7,11H,2-3,6,8-9H2,1H3. The second kappa shape index (κ2) is 5.28. The van der Waals surface area contributed by atoms with Gasteiger partial charge in [0.05, 0.1) is 11.5 Å². The summed E-state index contributed by atoms with van der Waals surface area (Å²) in [6, 6.07) is 6.85. The Kier molecular flexibility index (Phi) is 3.92.